The van der Waals surface area contributed by atoms with E-state index in [2.05, 4.69) is 10.7 Å². The van der Waals surface area contributed by atoms with E-state index in [1.165, 1.54) is 7.11 Å². The van der Waals surface area contributed by atoms with Gasteiger partial charge in [0.15, 0.2) is 0 Å². The summed E-state index contributed by atoms with van der Waals surface area (Å²) >= 11 is 0. The maximum atomic E-state index is 11.0. The standard InChI is InChI=1S/C11H10O3/c1-3-10(12)8-4-6-9(7-5-8)11(13)14-2/h1,4-7,10,12H,2H3. The first-order valence-electron chi connectivity index (χ1n) is 4.01. The van der Waals surface area contributed by atoms with Crippen LogP contribution in [0.25, 0.3) is 0 Å². The lowest BCUT2D eigenvalue weighted by atomic mass is 10.1. The van der Waals surface area contributed by atoms with Gasteiger partial charge in [0, 0.05) is 0 Å². The van der Waals surface area contributed by atoms with Crippen molar-refractivity contribution in [2.24, 2.45) is 0 Å². The number of terminal acetylenes is 1. The summed E-state index contributed by atoms with van der Waals surface area (Å²) in [4.78, 5) is 11.0. The van der Waals surface area contributed by atoms with Gasteiger partial charge in [0.2, 0.25) is 0 Å². The van der Waals surface area contributed by atoms with Crippen LogP contribution in [0.3, 0.4) is 0 Å². The molecule has 0 amide bonds. The molecule has 0 aliphatic rings. The van der Waals surface area contributed by atoms with Crippen LogP contribution in [-0.4, -0.2) is 18.2 Å². The third kappa shape index (κ3) is 2.12. The Hall–Kier alpha value is -1.79. The molecule has 1 rings (SSSR count). The summed E-state index contributed by atoms with van der Waals surface area (Å²) < 4.78 is 4.52. The third-order valence-corrected chi connectivity index (χ3v) is 1.81. The van der Waals surface area contributed by atoms with Crippen LogP contribution in [0.4, 0.5) is 0 Å². The van der Waals surface area contributed by atoms with Gasteiger partial charge in [-0.15, -0.1) is 6.42 Å². The Balaban J connectivity index is 2.90. The molecule has 0 saturated carbocycles. The largest absolute Gasteiger partial charge is 0.465 e. The van der Waals surface area contributed by atoms with E-state index >= 15 is 0 Å². The van der Waals surface area contributed by atoms with Gasteiger partial charge in [0.25, 0.3) is 0 Å². The SMILES string of the molecule is C#CC(O)c1ccc(C(=O)OC)cc1. The predicted octanol–water partition coefficient (Wildman–Crippen LogP) is 1.14. The Morgan fingerprint density at radius 3 is 2.50 bits per heavy atom. The third-order valence-electron chi connectivity index (χ3n) is 1.81. The molecule has 0 spiro atoms. The molecule has 0 heterocycles. The highest BCUT2D eigenvalue weighted by Crippen LogP contribution is 2.12. The summed E-state index contributed by atoms with van der Waals surface area (Å²) in [7, 11) is 1.31. The molecule has 1 aromatic carbocycles. The van der Waals surface area contributed by atoms with Crippen molar-refractivity contribution < 1.29 is 14.6 Å². The second-order valence-corrected chi connectivity index (χ2v) is 2.68. The molecule has 1 unspecified atom stereocenters. The Labute approximate surface area is 82.3 Å². The quantitative estimate of drug-likeness (QED) is 0.562. The monoisotopic (exact) mass is 190 g/mol. The number of hydrogen-bond acceptors (Lipinski definition) is 3. The Kier molecular flexibility index (Phi) is 3.27. The van der Waals surface area contributed by atoms with Crippen LogP contribution in [0.2, 0.25) is 0 Å². The lowest BCUT2D eigenvalue weighted by Gasteiger charge is -2.04. The van der Waals surface area contributed by atoms with Crippen molar-refractivity contribution in [3.8, 4) is 12.3 Å². The van der Waals surface area contributed by atoms with Crippen LogP contribution >= 0.6 is 0 Å². The smallest absolute Gasteiger partial charge is 0.337 e. The second-order valence-electron chi connectivity index (χ2n) is 2.68. The molecule has 3 heteroatoms. The zero-order valence-corrected chi connectivity index (χ0v) is 7.73. The highest BCUT2D eigenvalue weighted by molar-refractivity contribution is 5.89. The van der Waals surface area contributed by atoms with Gasteiger partial charge >= 0.3 is 5.97 Å². The topological polar surface area (TPSA) is 46.5 Å². The molecular formula is C11H10O3. The van der Waals surface area contributed by atoms with Crippen LogP contribution in [0.1, 0.15) is 22.0 Å². The van der Waals surface area contributed by atoms with Crippen molar-refractivity contribution >= 4 is 5.97 Å². The van der Waals surface area contributed by atoms with Crippen LogP contribution in [0.5, 0.6) is 0 Å². The second kappa shape index (κ2) is 4.45. The number of carbonyl (C=O) groups excluding carboxylic acids is 1. The van der Waals surface area contributed by atoms with Crippen molar-refractivity contribution in [1.29, 1.82) is 0 Å². The van der Waals surface area contributed by atoms with E-state index in [9.17, 15) is 9.90 Å². The maximum absolute atomic E-state index is 11.0. The number of aliphatic hydroxyl groups is 1. The number of rotatable bonds is 2. The molecule has 1 aromatic rings. The van der Waals surface area contributed by atoms with Crippen LogP contribution < -0.4 is 0 Å². The summed E-state index contributed by atoms with van der Waals surface area (Å²) in [6, 6.07) is 6.30. The Morgan fingerprint density at radius 1 is 1.50 bits per heavy atom. The molecule has 14 heavy (non-hydrogen) atoms. The van der Waals surface area contributed by atoms with Crippen LogP contribution in [0, 0.1) is 12.3 Å². The van der Waals surface area contributed by atoms with E-state index in [1.54, 1.807) is 24.3 Å². The summed E-state index contributed by atoms with van der Waals surface area (Å²) in [6.45, 7) is 0. The molecule has 0 radical (unpaired) electrons. The van der Waals surface area contributed by atoms with Crippen LogP contribution in [0.15, 0.2) is 24.3 Å². The number of esters is 1. The van der Waals surface area contributed by atoms with E-state index in [4.69, 9.17) is 6.42 Å². The first-order chi connectivity index (χ1) is 6.69. The highest BCUT2D eigenvalue weighted by atomic mass is 16.5. The lowest BCUT2D eigenvalue weighted by molar-refractivity contribution is 0.0600. The van der Waals surface area contributed by atoms with Crippen molar-refractivity contribution in [3.63, 3.8) is 0 Å². The van der Waals surface area contributed by atoms with Crippen molar-refractivity contribution in [2.45, 2.75) is 6.10 Å². The minimum Gasteiger partial charge on any atom is -0.465 e. The zero-order valence-electron chi connectivity index (χ0n) is 7.73. The fraction of sp³-hybridized carbons (Fsp3) is 0.182. The van der Waals surface area contributed by atoms with Gasteiger partial charge in [-0.25, -0.2) is 4.79 Å². The number of hydrogen-bond donors (Lipinski definition) is 1. The van der Waals surface area contributed by atoms with Gasteiger partial charge in [0.1, 0.15) is 6.10 Å². The zero-order chi connectivity index (χ0) is 10.6. The molecule has 0 aromatic heterocycles. The summed E-state index contributed by atoms with van der Waals surface area (Å²) in [5.74, 6) is 1.77. The van der Waals surface area contributed by atoms with E-state index in [1.807, 2.05) is 0 Å². The average Bonchev–Trinajstić information content (AvgIpc) is 2.27. The number of aliphatic hydroxyl groups excluding tert-OH is 1. The van der Waals surface area contributed by atoms with Gasteiger partial charge in [-0.1, -0.05) is 18.1 Å². The van der Waals surface area contributed by atoms with E-state index < -0.39 is 12.1 Å². The number of carbonyl (C=O) groups is 1. The summed E-state index contributed by atoms with van der Waals surface area (Å²) in [6.07, 6.45) is 4.11. The average molecular weight is 190 g/mol. The molecule has 0 fully saturated rings. The molecule has 0 bridgehead atoms. The predicted molar refractivity (Wildman–Crippen MR) is 51.6 cm³/mol. The van der Waals surface area contributed by atoms with E-state index in [-0.39, 0.29) is 0 Å². The minimum absolute atomic E-state index is 0.410. The molecular weight excluding hydrogens is 180 g/mol. The summed E-state index contributed by atoms with van der Waals surface area (Å²) in [5, 5.41) is 9.26. The van der Waals surface area contributed by atoms with Crippen molar-refractivity contribution in [1.82, 2.24) is 0 Å². The highest BCUT2D eigenvalue weighted by Gasteiger charge is 2.07. The molecule has 0 saturated heterocycles. The van der Waals surface area contributed by atoms with Gasteiger partial charge in [0.05, 0.1) is 12.7 Å². The molecule has 1 atom stereocenters. The molecule has 72 valence electrons. The Bertz CT molecular complexity index is 359. The fourth-order valence-corrected chi connectivity index (χ4v) is 1.02. The van der Waals surface area contributed by atoms with E-state index in [0.29, 0.717) is 11.1 Å². The van der Waals surface area contributed by atoms with E-state index in [0.717, 1.165) is 0 Å². The number of methoxy groups -OCH3 is 1. The molecule has 0 aliphatic carbocycles. The van der Waals surface area contributed by atoms with Gasteiger partial charge < -0.3 is 9.84 Å². The molecule has 1 N–H and O–H groups in total. The normalized spacial score (nSPS) is 11.5. The van der Waals surface area contributed by atoms with Crippen LogP contribution in [-0.2, 0) is 4.74 Å². The fourth-order valence-electron chi connectivity index (χ4n) is 1.02. The van der Waals surface area contributed by atoms with Gasteiger partial charge in [-0.3, -0.25) is 0 Å². The van der Waals surface area contributed by atoms with Gasteiger partial charge in [-0.2, -0.15) is 0 Å². The van der Waals surface area contributed by atoms with Crippen molar-refractivity contribution in [3.05, 3.63) is 35.4 Å². The summed E-state index contributed by atoms with van der Waals surface area (Å²) in [5.41, 5.74) is 1.01. The molecule has 3 nitrogen and oxygen atoms in total. The maximum Gasteiger partial charge on any atom is 0.337 e. The number of benzene rings is 1. The first kappa shape index (κ1) is 10.3. The lowest BCUT2D eigenvalue weighted by Crippen LogP contribution is -2.01. The first-order valence-corrected chi connectivity index (χ1v) is 4.01. The molecule has 0 aliphatic heterocycles. The minimum atomic E-state index is -0.929. The Morgan fingerprint density at radius 2 is 2.07 bits per heavy atom. The van der Waals surface area contributed by atoms with Crippen molar-refractivity contribution in [2.75, 3.05) is 7.11 Å². The number of ether oxygens (including phenoxy) is 1. The van der Waals surface area contributed by atoms with Gasteiger partial charge in [-0.05, 0) is 17.7 Å².